The molecule has 22 heavy (non-hydrogen) atoms. The van der Waals surface area contributed by atoms with E-state index in [2.05, 4.69) is 67.5 Å². The minimum absolute atomic E-state index is 0.369. The first-order valence-corrected chi connectivity index (χ1v) is 9.54. The van der Waals surface area contributed by atoms with Crippen LogP contribution in [0.4, 0.5) is 0 Å². The lowest BCUT2D eigenvalue weighted by Gasteiger charge is -2.46. The summed E-state index contributed by atoms with van der Waals surface area (Å²) in [7, 11) is 4.87. The van der Waals surface area contributed by atoms with Gasteiger partial charge in [-0.05, 0) is 47.7 Å². The quantitative estimate of drug-likeness (QED) is 0.500. The van der Waals surface area contributed by atoms with Crippen molar-refractivity contribution in [3.63, 3.8) is 0 Å². The summed E-state index contributed by atoms with van der Waals surface area (Å²) in [5.74, 6) is 0. The van der Waals surface area contributed by atoms with Crippen LogP contribution in [0.15, 0.2) is 0 Å². The third-order valence-electron chi connectivity index (χ3n) is 6.08. The van der Waals surface area contributed by atoms with Gasteiger partial charge in [0.05, 0.1) is 58.8 Å². The highest BCUT2D eigenvalue weighted by molar-refractivity contribution is 4.79. The largest absolute Gasteiger partial charge is 0.326 e. The van der Waals surface area contributed by atoms with Gasteiger partial charge >= 0.3 is 0 Å². The van der Waals surface area contributed by atoms with Crippen molar-refractivity contribution in [1.82, 2.24) is 4.90 Å². The third kappa shape index (κ3) is 6.55. The number of rotatable bonds is 12. The fraction of sp³-hybridized carbons (Fsp3) is 1.00. The molecule has 3 nitrogen and oxygen atoms in total. The minimum atomic E-state index is 0.369. The molecule has 0 saturated carbocycles. The van der Waals surface area contributed by atoms with Crippen LogP contribution in [0.2, 0.25) is 0 Å². The molecule has 0 bridgehead atoms. The second-order valence-corrected chi connectivity index (χ2v) is 8.09. The molecule has 0 aliphatic carbocycles. The number of quaternary nitrogens is 2. The molecule has 0 spiro atoms. The van der Waals surface area contributed by atoms with Gasteiger partial charge in [0.15, 0.2) is 0 Å². The highest BCUT2D eigenvalue weighted by Gasteiger charge is 2.40. The Balaban J connectivity index is 5.37. The van der Waals surface area contributed by atoms with Gasteiger partial charge in [-0.15, -0.1) is 0 Å². The Bertz CT molecular complexity index is 269. The Labute approximate surface area is 141 Å². The van der Waals surface area contributed by atoms with Crippen LogP contribution in [0.25, 0.3) is 0 Å². The summed E-state index contributed by atoms with van der Waals surface area (Å²) in [6.07, 6.45) is 0. The molecule has 134 valence electrons. The first-order chi connectivity index (χ1) is 10.1. The Morgan fingerprint density at radius 1 is 0.682 bits per heavy atom. The smallest absolute Gasteiger partial charge is 0.0906 e. The average Bonchev–Trinajstić information content (AvgIpc) is 2.52. The second kappa shape index (κ2) is 9.24. The van der Waals surface area contributed by atoms with Crippen molar-refractivity contribution >= 4 is 0 Å². The fourth-order valence-corrected chi connectivity index (χ4v) is 3.87. The SMILES string of the molecule is CCN(CC)CC(C)(C[N+](C)(CC)CC)C[N+](C)(CC)CC. The van der Waals surface area contributed by atoms with Crippen molar-refractivity contribution in [2.75, 3.05) is 73.0 Å². The van der Waals surface area contributed by atoms with Crippen LogP contribution in [0, 0.1) is 5.41 Å². The minimum Gasteiger partial charge on any atom is -0.326 e. The van der Waals surface area contributed by atoms with E-state index >= 15 is 0 Å². The Kier molecular flexibility index (Phi) is 9.19. The molecular formula is C19H45N3+2. The first-order valence-electron chi connectivity index (χ1n) is 9.54. The van der Waals surface area contributed by atoms with Crippen LogP contribution in [-0.4, -0.2) is 86.9 Å². The lowest BCUT2D eigenvalue weighted by molar-refractivity contribution is -0.935. The predicted octanol–water partition coefficient (Wildman–Crippen LogP) is 3.31. The molecule has 0 amide bonds. The molecule has 0 rings (SSSR count). The van der Waals surface area contributed by atoms with Crippen LogP contribution < -0.4 is 0 Å². The normalized spacial score (nSPS) is 13.9. The maximum Gasteiger partial charge on any atom is 0.0906 e. The molecule has 0 atom stereocenters. The first kappa shape index (κ1) is 21.9. The molecule has 0 saturated heterocycles. The van der Waals surface area contributed by atoms with E-state index in [1.807, 2.05) is 0 Å². The molecule has 0 aromatic rings. The van der Waals surface area contributed by atoms with Crippen LogP contribution in [0.3, 0.4) is 0 Å². The molecule has 0 heterocycles. The highest BCUT2D eigenvalue weighted by Crippen LogP contribution is 2.27. The maximum atomic E-state index is 2.62. The summed E-state index contributed by atoms with van der Waals surface area (Å²) < 4.78 is 2.37. The Morgan fingerprint density at radius 2 is 1.00 bits per heavy atom. The van der Waals surface area contributed by atoms with E-state index in [1.54, 1.807) is 0 Å². The van der Waals surface area contributed by atoms with Gasteiger partial charge in [-0.2, -0.15) is 0 Å². The Hall–Kier alpha value is -0.120. The van der Waals surface area contributed by atoms with E-state index in [1.165, 1.54) is 54.8 Å². The van der Waals surface area contributed by atoms with E-state index < -0.39 is 0 Å². The maximum absolute atomic E-state index is 2.62. The summed E-state index contributed by atoms with van der Waals surface area (Å²) >= 11 is 0. The van der Waals surface area contributed by atoms with Gasteiger partial charge in [0.25, 0.3) is 0 Å². The summed E-state index contributed by atoms with van der Waals surface area (Å²) in [6, 6.07) is 0. The molecule has 0 fully saturated rings. The van der Waals surface area contributed by atoms with Gasteiger partial charge in [0.2, 0.25) is 0 Å². The lowest BCUT2D eigenvalue weighted by atomic mass is 9.86. The molecular weight excluding hydrogens is 270 g/mol. The zero-order chi connectivity index (χ0) is 17.4. The van der Waals surface area contributed by atoms with E-state index in [4.69, 9.17) is 0 Å². The van der Waals surface area contributed by atoms with Crippen molar-refractivity contribution in [1.29, 1.82) is 0 Å². The van der Waals surface area contributed by atoms with Crippen LogP contribution in [0.1, 0.15) is 48.5 Å². The van der Waals surface area contributed by atoms with Crippen molar-refractivity contribution in [2.24, 2.45) is 5.41 Å². The standard InChI is InChI=1S/C19H45N3/c1-10-20(11-2)16-19(7,17-21(8,12-3)13-4)18-22(9,14-5)15-6/h10-18H2,1-9H3/q+2. The molecule has 0 N–H and O–H groups in total. The van der Waals surface area contributed by atoms with E-state index in [-0.39, 0.29) is 0 Å². The van der Waals surface area contributed by atoms with Crippen molar-refractivity contribution < 1.29 is 8.97 Å². The summed E-state index contributed by atoms with van der Waals surface area (Å²) in [5.41, 5.74) is 0.369. The molecule has 0 aliphatic heterocycles. The number of nitrogens with zero attached hydrogens (tertiary/aromatic N) is 3. The fourth-order valence-electron chi connectivity index (χ4n) is 3.87. The van der Waals surface area contributed by atoms with E-state index in [9.17, 15) is 0 Å². The van der Waals surface area contributed by atoms with Crippen molar-refractivity contribution in [2.45, 2.75) is 48.5 Å². The van der Waals surface area contributed by atoms with Gasteiger partial charge in [-0.1, -0.05) is 13.8 Å². The molecule has 0 aromatic heterocycles. The van der Waals surface area contributed by atoms with Crippen LogP contribution in [0.5, 0.6) is 0 Å². The predicted molar refractivity (Wildman–Crippen MR) is 100 cm³/mol. The molecule has 0 unspecified atom stereocenters. The molecule has 3 heteroatoms. The van der Waals surface area contributed by atoms with Gasteiger partial charge in [-0.3, -0.25) is 0 Å². The third-order valence-corrected chi connectivity index (χ3v) is 6.08. The molecule has 0 aliphatic rings. The van der Waals surface area contributed by atoms with Crippen molar-refractivity contribution in [3.05, 3.63) is 0 Å². The van der Waals surface area contributed by atoms with Crippen LogP contribution >= 0.6 is 0 Å². The van der Waals surface area contributed by atoms with Gasteiger partial charge in [0.1, 0.15) is 0 Å². The Morgan fingerprint density at radius 3 is 1.23 bits per heavy atom. The number of hydrogen-bond acceptors (Lipinski definition) is 1. The summed E-state index contributed by atoms with van der Waals surface area (Å²) in [6.45, 7) is 27.5. The topological polar surface area (TPSA) is 3.24 Å². The van der Waals surface area contributed by atoms with Gasteiger partial charge in [-0.25, -0.2) is 0 Å². The molecule has 0 radical (unpaired) electrons. The van der Waals surface area contributed by atoms with Gasteiger partial charge < -0.3 is 13.9 Å². The lowest BCUT2D eigenvalue weighted by Crippen LogP contribution is -2.60. The van der Waals surface area contributed by atoms with Gasteiger partial charge in [0, 0.05) is 6.54 Å². The second-order valence-electron chi connectivity index (χ2n) is 8.09. The van der Waals surface area contributed by atoms with E-state index in [0.717, 1.165) is 13.1 Å². The van der Waals surface area contributed by atoms with Crippen LogP contribution in [-0.2, 0) is 0 Å². The summed E-state index contributed by atoms with van der Waals surface area (Å²) in [4.78, 5) is 2.62. The zero-order valence-electron chi connectivity index (χ0n) is 17.2. The monoisotopic (exact) mass is 315 g/mol. The average molecular weight is 316 g/mol. The van der Waals surface area contributed by atoms with Crippen molar-refractivity contribution in [3.8, 4) is 0 Å². The number of hydrogen-bond donors (Lipinski definition) is 0. The highest BCUT2D eigenvalue weighted by atomic mass is 15.4. The van der Waals surface area contributed by atoms with E-state index in [0.29, 0.717) is 5.41 Å². The zero-order valence-corrected chi connectivity index (χ0v) is 17.2. The summed E-state index contributed by atoms with van der Waals surface area (Å²) in [5, 5.41) is 0. The molecule has 0 aromatic carbocycles.